The van der Waals surface area contributed by atoms with Crippen LogP contribution in [0.3, 0.4) is 0 Å². The molecule has 0 fully saturated rings. The maximum absolute atomic E-state index is 13.0. The molecule has 174 valence electrons. The van der Waals surface area contributed by atoms with E-state index in [1.165, 1.54) is 17.3 Å². The smallest absolute Gasteiger partial charge is 0.233 e. The summed E-state index contributed by atoms with van der Waals surface area (Å²) in [6, 6.07) is 22.4. The van der Waals surface area contributed by atoms with Gasteiger partial charge < -0.3 is 5.32 Å². The minimum absolute atomic E-state index is 0.00430. The van der Waals surface area contributed by atoms with Gasteiger partial charge in [0.05, 0.1) is 10.9 Å². The summed E-state index contributed by atoms with van der Waals surface area (Å²) in [5, 5.41) is 12.4. The zero-order valence-corrected chi connectivity index (χ0v) is 20.5. The Morgan fingerprint density at radius 2 is 1.68 bits per heavy atom. The summed E-state index contributed by atoms with van der Waals surface area (Å²) in [6.45, 7) is 6.02. The van der Waals surface area contributed by atoms with Crippen LogP contribution in [0.5, 0.6) is 0 Å². The normalized spacial score (nSPS) is 12.8. The molecule has 0 bridgehead atoms. The van der Waals surface area contributed by atoms with Crippen molar-refractivity contribution in [2.24, 2.45) is 0 Å². The highest BCUT2D eigenvalue weighted by molar-refractivity contribution is 8.00. The number of aryl methyl sites for hydroxylation is 2. The zero-order valence-electron chi connectivity index (χ0n) is 19.7. The Balaban J connectivity index is 1.50. The molecule has 0 saturated carbocycles. The number of para-hydroxylation sites is 1. The summed E-state index contributed by atoms with van der Waals surface area (Å²) in [5.74, 6) is 0.721. The number of carbonyl (C=O) groups excluding carboxylic acids is 1. The highest BCUT2D eigenvalue weighted by Gasteiger charge is 2.23. The summed E-state index contributed by atoms with van der Waals surface area (Å²) < 4.78 is 2.03. The standard InChI is InChI=1S/C27H29N5OS/c1-19-9-7-8-12-24(19)32-25(23-15-17-28-18-16-23)30-31-27(32)34-21(3)26(33)29-20(2)13-14-22-10-5-4-6-11-22/h4-12,15-18,20-21H,13-14H2,1-3H3,(H,29,33). The van der Waals surface area contributed by atoms with E-state index in [-0.39, 0.29) is 17.2 Å². The quantitative estimate of drug-likeness (QED) is 0.337. The van der Waals surface area contributed by atoms with Crippen LogP contribution < -0.4 is 5.32 Å². The van der Waals surface area contributed by atoms with Crippen molar-refractivity contribution in [1.82, 2.24) is 25.1 Å². The van der Waals surface area contributed by atoms with Gasteiger partial charge in [-0.15, -0.1) is 10.2 Å². The SMILES string of the molecule is Cc1ccccc1-n1c(SC(C)C(=O)NC(C)CCc2ccccc2)nnc1-c1ccncc1. The third-order valence-corrected chi connectivity index (χ3v) is 6.72. The minimum Gasteiger partial charge on any atom is -0.353 e. The molecular formula is C27H29N5OS. The molecule has 4 aromatic rings. The van der Waals surface area contributed by atoms with E-state index in [9.17, 15) is 4.79 Å². The third-order valence-electron chi connectivity index (χ3n) is 5.68. The summed E-state index contributed by atoms with van der Waals surface area (Å²) >= 11 is 1.42. The molecule has 4 rings (SSSR count). The van der Waals surface area contributed by atoms with Gasteiger partial charge in [0.2, 0.25) is 5.91 Å². The van der Waals surface area contributed by atoms with Gasteiger partial charge in [-0.3, -0.25) is 14.3 Å². The highest BCUT2D eigenvalue weighted by Crippen LogP contribution is 2.31. The van der Waals surface area contributed by atoms with Gasteiger partial charge in [0.1, 0.15) is 0 Å². The number of amides is 1. The van der Waals surface area contributed by atoms with Gasteiger partial charge in [0.25, 0.3) is 0 Å². The maximum atomic E-state index is 13.0. The Kier molecular flexibility index (Phi) is 7.75. The number of nitrogens with one attached hydrogen (secondary N) is 1. The van der Waals surface area contributed by atoms with Crippen LogP contribution in [-0.2, 0) is 11.2 Å². The molecule has 0 aliphatic rings. The van der Waals surface area contributed by atoms with Crippen molar-refractivity contribution in [1.29, 1.82) is 0 Å². The number of hydrogen-bond acceptors (Lipinski definition) is 5. The van der Waals surface area contributed by atoms with Gasteiger partial charge in [-0.1, -0.05) is 60.3 Å². The summed E-state index contributed by atoms with van der Waals surface area (Å²) in [6.07, 6.45) is 5.30. The second kappa shape index (κ2) is 11.1. The van der Waals surface area contributed by atoms with Crippen LogP contribution in [0.2, 0.25) is 0 Å². The molecule has 1 amide bonds. The van der Waals surface area contributed by atoms with Crippen molar-refractivity contribution < 1.29 is 4.79 Å². The second-order valence-corrected chi connectivity index (χ2v) is 9.67. The lowest BCUT2D eigenvalue weighted by molar-refractivity contribution is -0.120. The zero-order chi connectivity index (χ0) is 23.9. The van der Waals surface area contributed by atoms with Crippen molar-refractivity contribution in [2.45, 2.75) is 50.1 Å². The third kappa shape index (κ3) is 5.72. The summed E-state index contributed by atoms with van der Waals surface area (Å²) in [5.41, 5.74) is 4.29. The average Bonchev–Trinajstić information content (AvgIpc) is 3.27. The summed E-state index contributed by atoms with van der Waals surface area (Å²) in [7, 11) is 0. The van der Waals surface area contributed by atoms with Gasteiger partial charge in [-0.05, 0) is 62.9 Å². The van der Waals surface area contributed by atoms with E-state index >= 15 is 0 Å². The van der Waals surface area contributed by atoms with Crippen LogP contribution in [0.25, 0.3) is 17.1 Å². The molecule has 1 N–H and O–H groups in total. The largest absolute Gasteiger partial charge is 0.353 e. The Hall–Kier alpha value is -3.45. The van der Waals surface area contributed by atoms with Crippen LogP contribution in [0.4, 0.5) is 0 Å². The fourth-order valence-electron chi connectivity index (χ4n) is 3.74. The van der Waals surface area contributed by atoms with Gasteiger partial charge in [0.15, 0.2) is 11.0 Å². The Labute approximate surface area is 204 Å². The molecule has 7 heteroatoms. The topological polar surface area (TPSA) is 72.7 Å². The van der Waals surface area contributed by atoms with Gasteiger partial charge in [-0.2, -0.15) is 0 Å². The summed E-state index contributed by atoms with van der Waals surface area (Å²) in [4.78, 5) is 17.1. The van der Waals surface area contributed by atoms with Crippen molar-refractivity contribution >= 4 is 17.7 Å². The molecule has 2 unspecified atom stereocenters. The van der Waals surface area contributed by atoms with E-state index in [0.717, 1.165) is 35.5 Å². The molecule has 0 aliphatic heterocycles. The minimum atomic E-state index is -0.323. The first-order valence-electron chi connectivity index (χ1n) is 11.5. The molecule has 0 aliphatic carbocycles. The number of nitrogens with zero attached hydrogens (tertiary/aromatic N) is 4. The van der Waals surface area contributed by atoms with E-state index in [2.05, 4.69) is 52.5 Å². The second-order valence-electron chi connectivity index (χ2n) is 8.36. The Bertz CT molecular complexity index is 1230. The molecule has 2 atom stereocenters. The van der Waals surface area contributed by atoms with E-state index in [0.29, 0.717) is 5.16 Å². The molecule has 2 aromatic carbocycles. The van der Waals surface area contributed by atoms with Gasteiger partial charge >= 0.3 is 0 Å². The van der Waals surface area contributed by atoms with Crippen molar-refractivity contribution in [3.8, 4) is 17.1 Å². The lowest BCUT2D eigenvalue weighted by Crippen LogP contribution is -2.38. The lowest BCUT2D eigenvalue weighted by Gasteiger charge is -2.18. The van der Waals surface area contributed by atoms with E-state index in [1.54, 1.807) is 12.4 Å². The Morgan fingerprint density at radius 3 is 2.41 bits per heavy atom. The van der Waals surface area contributed by atoms with Crippen LogP contribution >= 0.6 is 11.8 Å². The number of carbonyl (C=O) groups is 1. The van der Waals surface area contributed by atoms with Gasteiger partial charge in [-0.25, -0.2) is 0 Å². The van der Waals surface area contributed by atoms with E-state index in [1.807, 2.05) is 60.0 Å². The molecule has 2 aromatic heterocycles. The monoisotopic (exact) mass is 471 g/mol. The number of aromatic nitrogens is 4. The molecule has 0 spiro atoms. The van der Waals surface area contributed by atoms with Crippen LogP contribution in [0.1, 0.15) is 31.4 Å². The fourth-order valence-corrected chi connectivity index (χ4v) is 4.61. The Morgan fingerprint density at radius 1 is 0.971 bits per heavy atom. The average molecular weight is 472 g/mol. The fraction of sp³-hybridized carbons (Fsp3) is 0.259. The maximum Gasteiger partial charge on any atom is 0.233 e. The van der Waals surface area contributed by atoms with Crippen LogP contribution in [0, 0.1) is 6.92 Å². The molecule has 2 heterocycles. The number of benzene rings is 2. The number of rotatable bonds is 9. The van der Waals surface area contributed by atoms with Crippen LogP contribution in [0.15, 0.2) is 84.3 Å². The van der Waals surface area contributed by atoms with Crippen molar-refractivity contribution in [3.05, 3.63) is 90.3 Å². The van der Waals surface area contributed by atoms with Crippen molar-refractivity contribution in [3.63, 3.8) is 0 Å². The number of pyridine rings is 1. The first kappa shape index (κ1) is 23.7. The lowest BCUT2D eigenvalue weighted by atomic mass is 10.1. The molecule has 0 radical (unpaired) electrons. The predicted molar refractivity (Wildman–Crippen MR) is 137 cm³/mol. The van der Waals surface area contributed by atoms with E-state index in [4.69, 9.17) is 0 Å². The van der Waals surface area contributed by atoms with Crippen molar-refractivity contribution in [2.75, 3.05) is 0 Å². The number of hydrogen-bond donors (Lipinski definition) is 1. The molecule has 6 nitrogen and oxygen atoms in total. The molecule has 34 heavy (non-hydrogen) atoms. The first-order chi connectivity index (χ1) is 16.5. The van der Waals surface area contributed by atoms with E-state index < -0.39 is 0 Å². The first-order valence-corrected chi connectivity index (χ1v) is 12.3. The predicted octanol–water partition coefficient (Wildman–Crippen LogP) is 5.26. The molecule has 0 saturated heterocycles. The van der Waals surface area contributed by atoms with Crippen LogP contribution in [-0.4, -0.2) is 36.9 Å². The molecular weight excluding hydrogens is 442 g/mol. The highest BCUT2D eigenvalue weighted by atomic mass is 32.2. The van der Waals surface area contributed by atoms with Gasteiger partial charge in [0, 0.05) is 24.0 Å². The number of thioether (sulfide) groups is 1.